The molecule has 1 rings (SSSR count). The van der Waals surface area contributed by atoms with Gasteiger partial charge in [-0.2, -0.15) is 0 Å². The maximum absolute atomic E-state index is 11.5. The first-order chi connectivity index (χ1) is 6.54. The number of aryl methyl sites for hydroxylation is 2. The maximum atomic E-state index is 11.5. The minimum Gasteiger partial charge on any atom is -0.457 e. The molecule has 1 aromatic heterocycles. The lowest BCUT2D eigenvalue weighted by molar-refractivity contribution is 0.0338. The van der Waals surface area contributed by atoms with Crippen LogP contribution in [0, 0.1) is 6.92 Å². The summed E-state index contributed by atoms with van der Waals surface area (Å²) in [4.78, 5) is 15.6. The second kappa shape index (κ2) is 4.26. The summed E-state index contributed by atoms with van der Waals surface area (Å²) in [7, 11) is 0. The van der Waals surface area contributed by atoms with Crippen molar-refractivity contribution in [3.05, 3.63) is 17.3 Å². The van der Waals surface area contributed by atoms with E-state index in [9.17, 15) is 4.79 Å². The number of esters is 1. The number of carbonyl (C=O) groups excluding carboxylic acids is 1. The van der Waals surface area contributed by atoms with Crippen molar-refractivity contribution < 1.29 is 13.9 Å². The highest BCUT2D eigenvalue weighted by Gasteiger charge is 2.19. The zero-order valence-electron chi connectivity index (χ0n) is 8.96. The molecule has 0 spiro atoms. The fourth-order valence-electron chi connectivity index (χ4n) is 1.14. The average molecular weight is 197 g/mol. The number of nitrogens with zero attached hydrogens (tertiary/aromatic N) is 1. The first-order valence-corrected chi connectivity index (χ1v) is 4.71. The van der Waals surface area contributed by atoms with E-state index in [2.05, 4.69) is 4.98 Å². The first kappa shape index (κ1) is 10.8. The fraction of sp³-hybridized carbons (Fsp3) is 0.600. The third-order valence-corrected chi connectivity index (χ3v) is 1.67. The number of oxazole rings is 1. The number of hydrogen-bond acceptors (Lipinski definition) is 4. The summed E-state index contributed by atoms with van der Waals surface area (Å²) in [6, 6.07) is 0. The Hall–Kier alpha value is -1.32. The van der Waals surface area contributed by atoms with Gasteiger partial charge in [-0.25, -0.2) is 9.78 Å². The highest BCUT2D eigenvalue weighted by Crippen LogP contribution is 2.13. The van der Waals surface area contributed by atoms with Gasteiger partial charge in [-0.15, -0.1) is 0 Å². The second-order valence-corrected chi connectivity index (χ2v) is 3.32. The molecule has 4 nitrogen and oxygen atoms in total. The van der Waals surface area contributed by atoms with Crippen LogP contribution in [0.2, 0.25) is 0 Å². The van der Waals surface area contributed by atoms with Gasteiger partial charge < -0.3 is 9.15 Å². The monoisotopic (exact) mass is 197 g/mol. The van der Waals surface area contributed by atoms with E-state index in [0.717, 1.165) is 0 Å². The van der Waals surface area contributed by atoms with Crippen LogP contribution < -0.4 is 0 Å². The van der Waals surface area contributed by atoms with Crippen LogP contribution >= 0.6 is 0 Å². The van der Waals surface area contributed by atoms with E-state index in [-0.39, 0.29) is 11.9 Å². The van der Waals surface area contributed by atoms with Crippen molar-refractivity contribution >= 4 is 5.97 Å². The molecule has 14 heavy (non-hydrogen) atoms. The molecule has 1 heterocycles. The van der Waals surface area contributed by atoms with Gasteiger partial charge >= 0.3 is 5.97 Å². The molecule has 0 unspecified atom stereocenters. The molecule has 0 aliphatic carbocycles. The zero-order valence-corrected chi connectivity index (χ0v) is 8.96. The largest absolute Gasteiger partial charge is 0.457 e. The number of hydrogen-bond donors (Lipinski definition) is 0. The van der Waals surface area contributed by atoms with Crippen LogP contribution in [0.15, 0.2) is 4.42 Å². The van der Waals surface area contributed by atoms with Gasteiger partial charge in [0.05, 0.1) is 11.8 Å². The summed E-state index contributed by atoms with van der Waals surface area (Å²) in [6.45, 7) is 7.23. The molecule has 4 heteroatoms. The maximum Gasteiger partial charge on any atom is 0.376 e. The van der Waals surface area contributed by atoms with Crippen molar-refractivity contribution in [2.75, 3.05) is 0 Å². The van der Waals surface area contributed by atoms with Crippen LogP contribution in [-0.4, -0.2) is 17.1 Å². The van der Waals surface area contributed by atoms with Gasteiger partial charge in [0.25, 0.3) is 0 Å². The van der Waals surface area contributed by atoms with E-state index in [1.807, 2.05) is 6.92 Å². The summed E-state index contributed by atoms with van der Waals surface area (Å²) >= 11 is 0. The van der Waals surface area contributed by atoms with Crippen molar-refractivity contribution in [2.45, 2.75) is 40.2 Å². The van der Waals surface area contributed by atoms with Crippen LogP contribution in [0.25, 0.3) is 0 Å². The molecule has 0 bridgehead atoms. The van der Waals surface area contributed by atoms with Crippen LogP contribution in [0.1, 0.15) is 42.9 Å². The van der Waals surface area contributed by atoms with Gasteiger partial charge in [0, 0.05) is 6.92 Å². The Morgan fingerprint density at radius 1 is 1.57 bits per heavy atom. The zero-order chi connectivity index (χ0) is 10.7. The summed E-state index contributed by atoms with van der Waals surface area (Å²) in [6.07, 6.45) is 0.525. The van der Waals surface area contributed by atoms with Gasteiger partial charge in [-0.3, -0.25) is 0 Å². The van der Waals surface area contributed by atoms with Crippen molar-refractivity contribution in [1.29, 1.82) is 0 Å². The predicted octanol–water partition coefficient (Wildman–Crippen LogP) is 2.11. The molecule has 0 aliphatic heterocycles. The third-order valence-electron chi connectivity index (χ3n) is 1.67. The lowest BCUT2D eigenvalue weighted by atomic mass is 10.3. The molecular weight excluding hydrogens is 182 g/mol. The molecular formula is C10H15NO3. The number of rotatable bonds is 3. The third kappa shape index (κ3) is 2.34. The average Bonchev–Trinajstić information content (AvgIpc) is 2.45. The molecule has 0 radical (unpaired) electrons. The van der Waals surface area contributed by atoms with Gasteiger partial charge in [0.1, 0.15) is 0 Å². The highest BCUT2D eigenvalue weighted by molar-refractivity contribution is 5.87. The van der Waals surface area contributed by atoms with E-state index in [1.54, 1.807) is 20.8 Å². The van der Waals surface area contributed by atoms with Crippen molar-refractivity contribution in [3.63, 3.8) is 0 Å². The Balaban J connectivity index is 2.88. The molecule has 0 atom stereocenters. The molecule has 0 N–H and O–H groups in total. The molecule has 0 aliphatic rings. The summed E-state index contributed by atoms with van der Waals surface area (Å²) in [5.41, 5.74) is 0.660. The van der Waals surface area contributed by atoms with Crippen molar-refractivity contribution in [3.8, 4) is 0 Å². The molecule has 0 amide bonds. The smallest absolute Gasteiger partial charge is 0.376 e. The number of carbonyl (C=O) groups is 1. The Kier molecular flexibility index (Phi) is 3.28. The first-order valence-electron chi connectivity index (χ1n) is 4.71. The topological polar surface area (TPSA) is 52.3 Å². The molecule has 0 aromatic carbocycles. The van der Waals surface area contributed by atoms with E-state index in [4.69, 9.17) is 9.15 Å². The van der Waals surface area contributed by atoms with Crippen LogP contribution in [0.3, 0.4) is 0 Å². The minimum atomic E-state index is -0.433. The van der Waals surface area contributed by atoms with Gasteiger partial charge in [-0.1, -0.05) is 6.92 Å². The van der Waals surface area contributed by atoms with Gasteiger partial charge in [0.15, 0.2) is 5.89 Å². The Morgan fingerprint density at radius 2 is 2.21 bits per heavy atom. The van der Waals surface area contributed by atoms with Gasteiger partial charge in [-0.05, 0) is 20.3 Å². The van der Waals surface area contributed by atoms with Crippen LogP contribution in [0.4, 0.5) is 0 Å². The van der Waals surface area contributed by atoms with E-state index in [1.165, 1.54) is 0 Å². The molecule has 0 saturated carbocycles. The molecule has 0 saturated heterocycles. The van der Waals surface area contributed by atoms with Crippen LogP contribution in [-0.2, 0) is 11.2 Å². The Labute approximate surface area is 83.3 Å². The van der Waals surface area contributed by atoms with E-state index in [0.29, 0.717) is 18.0 Å². The van der Waals surface area contributed by atoms with Crippen LogP contribution in [0.5, 0.6) is 0 Å². The highest BCUT2D eigenvalue weighted by atomic mass is 16.6. The second-order valence-electron chi connectivity index (χ2n) is 3.32. The normalized spacial score (nSPS) is 10.6. The van der Waals surface area contributed by atoms with E-state index >= 15 is 0 Å². The predicted molar refractivity (Wildman–Crippen MR) is 51.2 cm³/mol. The SMILES string of the molecule is CCc1nc(C)oc1C(=O)OC(C)C. The van der Waals surface area contributed by atoms with Gasteiger partial charge in [0.2, 0.25) is 5.76 Å². The lowest BCUT2D eigenvalue weighted by Gasteiger charge is -2.05. The molecule has 1 aromatic rings. The van der Waals surface area contributed by atoms with E-state index < -0.39 is 5.97 Å². The lowest BCUT2D eigenvalue weighted by Crippen LogP contribution is -2.12. The standard InChI is InChI=1S/C10H15NO3/c1-5-8-9(14-7(4)11-8)10(12)13-6(2)3/h6H,5H2,1-4H3. The number of ether oxygens (including phenoxy) is 1. The number of aromatic nitrogens is 1. The Morgan fingerprint density at radius 3 is 2.71 bits per heavy atom. The summed E-state index contributed by atoms with van der Waals surface area (Å²) in [5, 5.41) is 0. The quantitative estimate of drug-likeness (QED) is 0.696. The van der Waals surface area contributed by atoms with Crippen molar-refractivity contribution in [1.82, 2.24) is 4.98 Å². The molecule has 0 fully saturated rings. The molecule has 78 valence electrons. The van der Waals surface area contributed by atoms with Crippen molar-refractivity contribution in [2.24, 2.45) is 0 Å². The Bertz CT molecular complexity index is 328. The minimum absolute atomic E-state index is 0.141. The fourth-order valence-corrected chi connectivity index (χ4v) is 1.14. The summed E-state index contributed by atoms with van der Waals surface area (Å²) < 4.78 is 10.2. The summed E-state index contributed by atoms with van der Waals surface area (Å²) in [5.74, 6) is 0.300.